The van der Waals surface area contributed by atoms with Gasteiger partial charge in [0.05, 0.1) is 11.1 Å². The molecule has 0 unspecified atom stereocenters. The molecule has 2 aliphatic rings. The summed E-state index contributed by atoms with van der Waals surface area (Å²) in [5, 5.41) is 3.10. The predicted octanol–water partition coefficient (Wildman–Crippen LogP) is 2.50. The monoisotopic (exact) mass is 282 g/mol. The third-order valence-corrected chi connectivity index (χ3v) is 4.90. The van der Waals surface area contributed by atoms with Crippen LogP contribution in [0.4, 0.5) is 0 Å². The predicted molar refractivity (Wildman–Crippen MR) is 80.5 cm³/mol. The molecule has 3 N–H and O–H groups in total. The fourth-order valence-corrected chi connectivity index (χ4v) is 3.54. The first-order valence-corrected chi connectivity index (χ1v) is 8.31. The van der Waals surface area contributed by atoms with E-state index in [0.717, 1.165) is 51.6 Å². The Morgan fingerprint density at radius 1 is 1.10 bits per heavy atom. The van der Waals surface area contributed by atoms with Gasteiger partial charge in [-0.15, -0.1) is 0 Å². The highest BCUT2D eigenvalue weighted by Gasteiger charge is 2.39. The number of nitrogens with two attached hydrogens (primary N) is 1. The Labute approximate surface area is 122 Å². The third kappa shape index (κ3) is 3.73. The Bertz CT molecular complexity index is 318. The van der Waals surface area contributed by atoms with Crippen LogP contribution in [0.3, 0.4) is 0 Å². The highest BCUT2D eigenvalue weighted by atomic mass is 16.5. The number of ether oxygens (including phenoxy) is 1. The van der Waals surface area contributed by atoms with E-state index in [1.807, 2.05) is 0 Å². The minimum atomic E-state index is -0.624. The molecular weight excluding hydrogens is 252 g/mol. The van der Waals surface area contributed by atoms with Crippen molar-refractivity contribution < 1.29 is 9.53 Å². The molecule has 0 aromatic heterocycles. The van der Waals surface area contributed by atoms with E-state index in [1.165, 1.54) is 19.3 Å². The largest absolute Gasteiger partial charge is 0.373 e. The van der Waals surface area contributed by atoms with Crippen LogP contribution >= 0.6 is 0 Å². The minimum absolute atomic E-state index is 0.0278. The zero-order valence-corrected chi connectivity index (χ0v) is 12.9. The van der Waals surface area contributed by atoms with Crippen LogP contribution in [0.1, 0.15) is 71.1 Å². The van der Waals surface area contributed by atoms with Crippen molar-refractivity contribution in [3.8, 4) is 0 Å². The van der Waals surface area contributed by atoms with E-state index in [2.05, 4.69) is 12.2 Å². The Hall–Kier alpha value is -0.610. The molecule has 4 nitrogen and oxygen atoms in total. The average molecular weight is 282 g/mol. The van der Waals surface area contributed by atoms with Gasteiger partial charge in [0.25, 0.3) is 0 Å². The lowest BCUT2D eigenvalue weighted by molar-refractivity contribution is -0.129. The normalized spacial score (nSPS) is 24.5. The van der Waals surface area contributed by atoms with Gasteiger partial charge in [0.1, 0.15) is 0 Å². The van der Waals surface area contributed by atoms with Crippen LogP contribution in [0.25, 0.3) is 0 Å². The van der Waals surface area contributed by atoms with Crippen LogP contribution in [-0.2, 0) is 9.53 Å². The summed E-state index contributed by atoms with van der Waals surface area (Å²) < 4.78 is 6.11. The van der Waals surface area contributed by atoms with Gasteiger partial charge in [0.15, 0.2) is 0 Å². The summed E-state index contributed by atoms with van der Waals surface area (Å²) in [5.74, 6) is 0.0278. The molecule has 0 saturated heterocycles. The highest BCUT2D eigenvalue weighted by molar-refractivity contribution is 5.86. The van der Waals surface area contributed by atoms with Crippen molar-refractivity contribution in [2.45, 2.75) is 82.3 Å². The standard InChI is InChI=1S/C16H30N2O2/c1-2-12-20-15(8-4-3-5-9-15)13-18-14(19)16(17)10-6-7-11-16/h2-13,17H2,1H3,(H,18,19). The first-order valence-electron chi connectivity index (χ1n) is 8.31. The van der Waals surface area contributed by atoms with Gasteiger partial charge in [-0.25, -0.2) is 0 Å². The summed E-state index contributed by atoms with van der Waals surface area (Å²) in [4.78, 5) is 12.3. The summed E-state index contributed by atoms with van der Waals surface area (Å²) >= 11 is 0. The van der Waals surface area contributed by atoms with Crippen LogP contribution in [0.2, 0.25) is 0 Å². The van der Waals surface area contributed by atoms with Gasteiger partial charge in [0, 0.05) is 13.2 Å². The molecule has 0 spiro atoms. The van der Waals surface area contributed by atoms with E-state index < -0.39 is 5.54 Å². The van der Waals surface area contributed by atoms with Crippen molar-refractivity contribution in [1.29, 1.82) is 0 Å². The molecule has 1 amide bonds. The summed E-state index contributed by atoms with van der Waals surface area (Å²) in [7, 11) is 0. The van der Waals surface area contributed by atoms with Crippen LogP contribution in [-0.4, -0.2) is 30.2 Å². The Kier molecular flexibility index (Phi) is 5.44. The topological polar surface area (TPSA) is 64.3 Å². The lowest BCUT2D eigenvalue weighted by Gasteiger charge is -2.38. The van der Waals surface area contributed by atoms with E-state index in [9.17, 15) is 4.79 Å². The number of amides is 1. The molecule has 2 rings (SSSR count). The maximum absolute atomic E-state index is 12.3. The first kappa shape index (κ1) is 15.8. The zero-order chi connectivity index (χ0) is 14.5. The molecule has 20 heavy (non-hydrogen) atoms. The zero-order valence-electron chi connectivity index (χ0n) is 12.9. The van der Waals surface area contributed by atoms with Crippen molar-refractivity contribution in [2.75, 3.05) is 13.2 Å². The molecule has 0 aromatic carbocycles. The minimum Gasteiger partial charge on any atom is -0.373 e. The summed E-state index contributed by atoms with van der Waals surface area (Å²) in [6.45, 7) is 3.54. The van der Waals surface area contributed by atoms with E-state index in [4.69, 9.17) is 10.5 Å². The SMILES string of the molecule is CCCOC1(CNC(=O)C2(N)CCCC2)CCCCC1. The summed E-state index contributed by atoms with van der Waals surface area (Å²) in [5.41, 5.74) is 5.44. The summed E-state index contributed by atoms with van der Waals surface area (Å²) in [6, 6.07) is 0. The smallest absolute Gasteiger partial charge is 0.240 e. The first-order chi connectivity index (χ1) is 9.60. The Morgan fingerprint density at radius 2 is 1.70 bits per heavy atom. The fraction of sp³-hybridized carbons (Fsp3) is 0.938. The lowest BCUT2D eigenvalue weighted by atomic mass is 9.84. The van der Waals surface area contributed by atoms with Crippen LogP contribution in [0.5, 0.6) is 0 Å². The van der Waals surface area contributed by atoms with Crippen molar-refractivity contribution >= 4 is 5.91 Å². The van der Waals surface area contributed by atoms with Crippen LogP contribution in [0, 0.1) is 0 Å². The van der Waals surface area contributed by atoms with Crippen molar-refractivity contribution in [3.63, 3.8) is 0 Å². The molecule has 2 aliphatic carbocycles. The second-order valence-corrected chi connectivity index (χ2v) is 6.64. The number of rotatable bonds is 6. The fourth-order valence-electron chi connectivity index (χ4n) is 3.54. The Morgan fingerprint density at radius 3 is 2.30 bits per heavy atom. The Balaban J connectivity index is 1.89. The molecule has 0 aromatic rings. The van der Waals surface area contributed by atoms with E-state index in [-0.39, 0.29) is 11.5 Å². The molecule has 0 aliphatic heterocycles. The number of carbonyl (C=O) groups is 1. The van der Waals surface area contributed by atoms with E-state index in [0.29, 0.717) is 6.54 Å². The molecule has 0 atom stereocenters. The molecule has 0 radical (unpaired) electrons. The number of nitrogens with one attached hydrogen (secondary N) is 1. The maximum Gasteiger partial charge on any atom is 0.240 e. The third-order valence-electron chi connectivity index (χ3n) is 4.90. The molecule has 2 fully saturated rings. The quantitative estimate of drug-likeness (QED) is 0.786. The van der Waals surface area contributed by atoms with Crippen molar-refractivity contribution in [1.82, 2.24) is 5.32 Å². The van der Waals surface area contributed by atoms with E-state index in [1.54, 1.807) is 0 Å². The summed E-state index contributed by atoms with van der Waals surface area (Å²) in [6.07, 6.45) is 10.6. The van der Waals surface area contributed by atoms with Gasteiger partial charge in [0.2, 0.25) is 5.91 Å². The van der Waals surface area contributed by atoms with Gasteiger partial charge in [-0.2, -0.15) is 0 Å². The molecule has 0 heterocycles. The average Bonchev–Trinajstić information content (AvgIpc) is 2.92. The number of carbonyl (C=O) groups excluding carboxylic acids is 1. The van der Waals surface area contributed by atoms with Gasteiger partial charge >= 0.3 is 0 Å². The lowest BCUT2D eigenvalue weighted by Crippen LogP contribution is -2.56. The van der Waals surface area contributed by atoms with Crippen LogP contribution < -0.4 is 11.1 Å². The van der Waals surface area contributed by atoms with Crippen molar-refractivity contribution in [2.24, 2.45) is 5.73 Å². The molecule has 4 heteroatoms. The second kappa shape index (κ2) is 6.90. The molecule has 116 valence electrons. The van der Waals surface area contributed by atoms with Gasteiger partial charge in [-0.1, -0.05) is 39.0 Å². The van der Waals surface area contributed by atoms with Gasteiger partial charge in [-0.05, 0) is 32.1 Å². The number of hydrogen-bond donors (Lipinski definition) is 2. The molecule has 2 saturated carbocycles. The van der Waals surface area contributed by atoms with Gasteiger partial charge < -0.3 is 15.8 Å². The second-order valence-electron chi connectivity index (χ2n) is 6.64. The highest BCUT2D eigenvalue weighted by Crippen LogP contribution is 2.32. The van der Waals surface area contributed by atoms with Gasteiger partial charge in [-0.3, -0.25) is 4.79 Å². The maximum atomic E-state index is 12.3. The van der Waals surface area contributed by atoms with Crippen molar-refractivity contribution in [3.05, 3.63) is 0 Å². The van der Waals surface area contributed by atoms with Crippen LogP contribution in [0.15, 0.2) is 0 Å². The molecular formula is C16H30N2O2. The van der Waals surface area contributed by atoms with E-state index >= 15 is 0 Å². The number of hydrogen-bond acceptors (Lipinski definition) is 3. The molecule has 0 bridgehead atoms.